The number of fused-ring (bicyclic) bond motifs is 1. The van der Waals surface area contributed by atoms with Crippen LogP contribution in [0.1, 0.15) is 10.4 Å². The van der Waals surface area contributed by atoms with Crippen LogP contribution in [0.15, 0.2) is 66.7 Å². The van der Waals surface area contributed by atoms with Crippen molar-refractivity contribution in [2.75, 3.05) is 29.9 Å². The highest BCUT2D eigenvalue weighted by Gasteiger charge is 2.20. The molecule has 2 N–H and O–H groups in total. The number of para-hydroxylation sites is 2. The molecule has 1 saturated heterocycles. The van der Waals surface area contributed by atoms with Crippen LogP contribution in [-0.2, 0) is 4.79 Å². The van der Waals surface area contributed by atoms with Crippen molar-refractivity contribution in [2.24, 2.45) is 0 Å². The lowest BCUT2D eigenvalue weighted by atomic mass is 10.0. The van der Waals surface area contributed by atoms with Crippen LogP contribution in [0.3, 0.4) is 0 Å². The van der Waals surface area contributed by atoms with E-state index in [0.29, 0.717) is 30.9 Å². The van der Waals surface area contributed by atoms with Crippen LogP contribution in [0.25, 0.3) is 10.8 Å². The lowest BCUT2D eigenvalue weighted by Crippen LogP contribution is -2.47. The first-order valence-corrected chi connectivity index (χ1v) is 8.62. The van der Waals surface area contributed by atoms with Crippen molar-refractivity contribution >= 4 is 34.0 Å². The third kappa shape index (κ3) is 3.11. The van der Waals surface area contributed by atoms with Gasteiger partial charge in [0.05, 0.1) is 17.9 Å². The van der Waals surface area contributed by atoms with Gasteiger partial charge in [-0.15, -0.1) is 0 Å². The maximum atomic E-state index is 12.9. The number of carbonyl (C=O) groups is 2. The maximum absolute atomic E-state index is 12.9. The van der Waals surface area contributed by atoms with Gasteiger partial charge < -0.3 is 15.5 Å². The van der Waals surface area contributed by atoms with Gasteiger partial charge >= 0.3 is 0 Å². The SMILES string of the molecule is O=C1CN(c2ccccc2NC(=O)c2cccc3ccccc23)CCN1. The second-order valence-electron chi connectivity index (χ2n) is 6.27. The Morgan fingerprint density at radius 1 is 0.962 bits per heavy atom. The topological polar surface area (TPSA) is 61.4 Å². The summed E-state index contributed by atoms with van der Waals surface area (Å²) in [5.41, 5.74) is 2.20. The minimum absolute atomic E-state index is 0.00793. The molecule has 3 aromatic rings. The second-order valence-corrected chi connectivity index (χ2v) is 6.27. The molecular weight excluding hydrogens is 326 g/mol. The molecule has 4 rings (SSSR count). The highest BCUT2D eigenvalue weighted by Crippen LogP contribution is 2.27. The molecule has 3 aromatic carbocycles. The Balaban J connectivity index is 1.65. The highest BCUT2D eigenvalue weighted by atomic mass is 16.2. The normalized spacial score (nSPS) is 14.2. The smallest absolute Gasteiger partial charge is 0.256 e. The molecule has 0 unspecified atom stereocenters. The van der Waals surface area contributed by atoms with Gasteiger partial charge in [-0.25, -0.2) is 0 Å². The van der Waals surface area contributed by atoms with Crippen LogP contribution in [0, 0.1) is 0 Å². The van der Waals surface area contributed by atoms with Gasteiger partial charge in [0, 0.05) is 18.7 Å². The Labute approximate surface area is 151 Å². The minimum Gasteiger partial charge on any atom is -0.359 e. The standard InChI is InChI=1S/C21H19N3O2/c25-20-14-24(13-12-22-20)19-11-4-3-10-18(19)23-21(26)17-9-5-7-15-6-1-2-8-16(15)17/h1-11H,12-14H2,(H,22,25)(H,23,26). The summed E-state index contributed by atoms with van der Waals surface area (Å²) >= 11 is 0. The molecule has 0 radical (unpaired) electrons. The Hall–Kier alpha value is -3.34. The van der Waals surface area contributed by atoms with E-state index in [1.54, 1.807) is 0 Å². The van der Waals surface area contributed by atoms with Crippen molar-refractivity contribution in [1.82, 2.24) is 5.32 Å². The number of piperazine rings is 1. The van der Waals surface area contributed by atoms with Gasteiger partial charge in [-0.3, -0.25) is 9.59 Å². The number of anilines is 2. The lowest BCUT2D eigenvalue weighted by molar-refractivity contribution is -0.120. The summed E-state index contributed by atoms with van der Waals surface area (Å²) in [4.78, 5) is 26.6. The van der Waals surface area contributed by atoms with Crippen LogP contribution in [0.5, 0.6) is 0 Å². The number of nitrogens with zero attached hydrogens (tertiary/aromatic N) is 1. The number of amides is 2. The summed E-state index contributed by atoms with van der Waals surface area (Å²) in [5.74, 6) is -0.165. The molecule has 26 heavy (non-hydrogen) atoms. The number of nitrogens with one attached hydrogen (secondary N) is 2. The maximum Gasteiger partial charge on any atom is 0.256 e. The van der Waals surface area contributed by atoms with E-state index in [2.05, 4.69) is 10.6 Å². The van der Waals surface area contributed by atoms with Crippen molar-refractivity contribution in [3.8, 4) is 0 Å². The number of hydrogen-bond acceptors (Lipinski definition) is 3. The Bertz CT molecular complexity index is 978. The van der Waals surface area contributed by atoms with Crippen molar-refractivity contribution < 1.29 is 9.59 Å². The number of carbonyl (C=O) groups excluding carboxylic acids is 2. The van der Waals surface area contributed by atoms with Gasteiger partial charge in [0.25, 0.3) is 5.91 Å². The monoisotopic (exact) mass is 345 g/mol. The van der Waals surface area contributed by atoms with Gasteiger partial charge in [0.15, 0.2) is 0 Å². The Kier molecular flexibility index (Phi) is 4.27. The predicted molar refractivity (Wildman–Crippen MR) is 104 cm³/mol. The average Bonchev–Trinajstić information content (AvgIpc) is 2.68. The minimum atomic E-state index is -0.157. The van der Waals surface area contributed by atoms with E-state index in [-0.39, 0.29) is 11.8 Å². The van der Waals surface area contributed by atoms with E-state index in [0.717, 1.165) is 16.5 Å². The van der Waals surface area contributed by atoms with Crippen molar-refractivity contribution in [3.63, 3.8) is 0 Å². The summed E-state index contributed by atoms with van der Waals surface area (Å²) in [6, 6.07) is 21.1. The van der Waals surface area contributed by atoms with E-state index in [4.69, 9.17) is 0 Å². The van der Waals surface area contributed by atoms with Crippen LogP contribution in [0.4, 0.5) is 11.4 Å². The summed E-state index contributed by atoms with van der Waals surface area (Å²) in [6.07, 6.45) is 0. The fraction of sp³-hybridized carbons (Fsp3) is 0.143. The zero-order valence-corrected chi connectivity index (χ0v) is 14.2. The van der Waals surface area contributed by atoms with E-state index in [9.17, 15) is 9.59 Å². The summed E-state index contributed by atoms with van der Waals surface area (Å²) in [5, 5.41) is 7.79. The molecule has 1 fully saturated rings. The molecule has 5 heteroatoms. The highest BCUT2D eigenvalue weighted by molar-refractivity contribution is 6.13. The molecule has 1 aliphatic rings. The van der Waals surface area contributed by atoms with Gasteiger partial charge in [-0.05, 0) is 29.0 Å². The summed E-state index contributed by atoms with van der Waals surface area (Å²) < 4.78 is 0. The first kappa shape index (κ1) is 16.1. The van der Waals surface area contributed by atoms with E-state index in [1.165, 1.54) is 0 Å². The van der Waals surface area contributed by atoms with E-state index in [1.807, 2.05) is 71.6 Å². The molecule has 130 valence electrons. The van der Waals surface area contributed by atoms with Gasteiger partial charge in [-0.1, -0.05) is 48.5 Å². The first-order chi connectivity index (χ1) is 12.7. The molecule has 5 nitrogen and oxygen atoms in total. The Morgan fingerprint density at radius 3 is 2.62 bits per heavy atom. The zero-order chi connectivity index (χ0) is 17.9. The number of rotatable bonds is 3. The molecule has 0 aromatic heterocycles. The first-order valence-electron chi connectivity index (χ1n) is 8.62. The molecule has 0 saturated carbocycles. The summed E-state index contributed by atoms with van der Waals surface area (Å²) in [7, 11) is 0. The quantitative estimate of drug-likeness (QED) is 0.767. The molecule has 2 amide bonds. The Morgan fingerprint density at radius 2 is 1.73 bits per heavy atom. The largest absolute Gasteiger partial charge is 0.359 e. The zero-order valence-electron chi connectivity index (χ0n) is 14.2. The molecule has 0 aliphatic carbocycles. The second kappa shape index (κ2) is 6.88. The van der Waals surface area contributed by atoms with Gasteiger partial charge in [-0.2, -0.15) is 0 Å². The van der Waals surface area contributed by atoms with Crippen molar-refractivity contribution in [1.29, 1.82) is 0 Å². The molecule has 0 atom stereocenters. The predicted octanol–water partition coefficient (Wildman–Crippen LogP) is 3.03. The lowest BCUT2D eigenvalue weighted by Gasteiger charge is -2.30. The third-order valence-electron chi connectivity index (χ3n) is 4.57. The fourth-order valence-corrected chi connectivity index (χ4v) is 3.31. The fourth-order valence-electron chi connectivity index (χ4n) is 3.31. The number of hydrogen-bond donors (Lipinski definition) is 2. The van der Waals surface area contributed by atoms with E-state index >= 15 is 0 Å². The molecule has 0 bridgehead atoms. The van der Waals surface area contributed by atoms with Crippen LogP contribution < -0.4 is 15.5 Å². The molecule has 0 spiro atoms. The molecule has 1 heterocycles. The van der Waals surface area contributed by atoms with Crippen molar-refractivity contribution in [3.05, 3.63) is 72.3 Å². The molecule has 1 aliphatic heterocycles. The van der Waals surface area contributed by atoms with Crippen LogP contribution >= 0.6 is 0 Å². The summed E-state index contributed by atoms with van der Waals surface area (Å²) in [6.45, 7) is 1.61. The third-order valence-corrected chi connectivity index (χ3v) is 4.57. The number of benzene rings is 3. The molecular formula is C21H19N3O2. The van der Waals surface area contributed by atoms with Crippen LogP contribution in [0.2, 0.25) is 0 Å². The van der Waals surface area contributed by atoms with E-state index < -0.39 is 0 Å². The van der Waals surface area contributed by atoms with Gasteiger partial charge in [0.1, 0.15) is 0 Å². The van der Waals surface area contributed by atoms with Crippen LogP contribution in [-0.4, -0.2) is 31.4 Å². The average molecular weight is 345 g/mol. The van der Waals surface area contributed by atoms with Gasteiger partial charge in [0.2, 0.25) is 5.91 Å². The van der Waals surface area contributed by atoms with Crippen molar-refractivity contribution in [2.45, 2.75) is 0 Å².